The molecule has 1 nitrogen and oxygen atoms in total. The summed E-state index contributed by atoms with van der Waals surface area (Å²) in [6.45, 7) is 2.49. The van der Waals surface area contributed by atoms with Gasteiger partial charge >= 0.3 is 0 Å². The maximum absolute atomic E-state index is 13.5. The molecule has 1 N–H and O–H groups in total. The Bertz CT molecular complexity index is 482. The van der Waals surface area contributed by atoms with Crippen molar-refractivity contribution in [1.29, 1.82) is 0 Å². The van der Waals surface area contributed by atoms with Crippen LogP contribution in [-0.2, 0) is 6.54 Å². The molecule has 90 valence electrons. The number of hydrogen-bond donors (Lipinski definition) is 1. The summed E-state index contributed by atoms with van der Waals surface area (Å²) in [6.07, 6.45) is 0. The molecule has 1 heterocycles. The van der Waals surface area contributed by atoms with Gasteiger partial charge in [0, 0.05) is 23.0 Å². The lowest BCUT2D eigenvalue weighted by Gasteiger charge is -2.14. The molecule has 0 saturated carbocycles. The standard InChI is InChI=1S/C13H13F2NS/c1-9(16-8-11-3-2-6-17-11)12-7-10(14)4-5-13(12)15/h2-7,9,16H,8H2,1H3. The Morgan fingerprint density at radius 1 is 1.29 bits per heavy atom. The summed E-state index contributed by atoms with van der Waals surface area (Å²) in [4.78, 5) is 1.17. The van der Waals surface area contributed by atoms with Crippen molar-refractivity contribution in [2.24, 2.45) is 0 Å². The van der Waals surface area contributed by atoms with Crippen LogP contribution < -0.4 is 5.32 Å². The molecule has 1 atom stereocenters. The second kappa shape index (κ2) is 5.38. The Hall–Kier alpha value is -1.26. The fourth-order valence-electron chi connectivity index (χ4n) is 1.62. The first-order valence-electron chi connectivity index (χ1n) is 5.37. The maximum atomic E-state index is 13.5. The molecule has 4 heteroatoms. The molecule has 1 aromatic carbocycles. The van der Waals surface area contributed by atoms with Gasteiger partial charge in [-0.15, -0.1) is 11.3 Å². The van der Waals surface area contributed by atoms with E-state index in [1.54, 1.807) is 11.3 Å². The van der Waals surface area contributed by atoms with Gasteiger partial charge in [0.1, 0.15) is 11.6 Å². The summed E-state index contributed by atoms with van der Waals surface area (Å²) in [6, 6.07) is 7.29. The predicted molar refractivity (Wildman–Crippen MR) is 65.9 cm³/mol. The topological polar surface area (TPSA) is 12.0 Å². The number of hydrogen-bond acceptors (Lipinski definition) is 2. The quantitative estimate of drug-likeness (QED) is 0.872. The largest absolute Gasteiger partial charge is 0.305 e. The van der Waals surface area contributed by atoms with Gasteiger partial charge in [-0.25, -0.2) is 8.78 Å². The molecule has 0 saturated heterocycles. The number of rotatable bonds is 4. The lowest BCUT2D eigenvalue weighted by atomic mass is 10.1. The molecule has 1 aromatic heterocycles. The number of thiophene rings is 1. The molecule has 17 heavy (non-hydrogen) atoms. The highest BCUT2D eigenvalue weighted by atomic mass is 32.1. The van der Waals surface area contributed by atoms with Crippen molar-refractivity contribution in [3.8, 4) is 0 Å². The second-order valence-electron chi connectivity index (χ2n) is 3.85. The van der Waals surface area contributed by atoms with Crippen molar-refractivity contribution in [1.82, 2.24) is 5.32 Å². The summed E-state index contributed by atoms with van der Waals surface area (Å²) in [5, 5.41) is 5.16. The van der Waals surface area contributed by atoms with Gasteiger partial charge in [-0.05, 0) is 36.6 Å². The molecule has 0 aliphatic carbocycles. The van der Waals surface area contributed by atoms with Crippen LogP contribution in [0, 0.1) is 11.6 Å². The molecule has 0 aliphatic heterocycles. The monoisotopic (exact) mass is 253 g/mol. The third kappa shape index (κ3) is 3.11. The van der Waals surface area contributed by atoms with Crippen LogP contribution >= 0.6 is 11.3 Å². The van der Waals surface area contributed by atoms with Gasteiger partial charge in [0.25, 0.3) is 0 Å². The predicted octanol–water partition coefficient (Wildman–Crippen LogP) is 3.88. The average molecular weight is 253 g/mol. The van der Waals surface area contributed by atoms with E-state index < -0.39 is 5.82 Å². The Morgan fingerprint density at radius 3 is 2.82 bits per heavy atom. The van der Waals surface area contributed by atoms with Gasteiger partial charge in [0.05, 0.1) is 0 Å². The van der Waals surface area contributed by atoms with Crippen LogP contribution in [0.15, 0.2) is 35.7 Å². The molecule has 0 bridgehead atoms. The van der Waals surface area contributed by atoms with Gasteiger partial charge in [-0.1, -0.05) is 6.07 Å². The Morgan fingerprint density at radius 2 is 2.12 bits per heavy atom. The molecule has 0 spiro atoms. The highest BCUT2D eigenvalue weighted by Crippen LogP contribution is 2.19. The van der Waals surface area contributed by atoms with E-state index in [-0.39, 0.29) is 11.9 Å². The van der Waals surface area contributed by atoms with Crippen LogP contribution in [0.4, 0.5) is 8.78 Å². The van der Waals surface area contributed by atoms with Crippen LogP contribution in [0.1, 0.15) is 23.4 Å². The summed E-state index contributed by atoms with van der Waals surface area (Å²) in [5.41, 5.74) is 0.363. The minimum Gasteiger partial charge on any atom is -0.305 e. The van der Waals surface area contributed by atoms with Crippen LogP contribution in [0.3, 0.4) is 0 Å². The van der Waals surface area contributed by atoms with Crippen LogP contribution in [0.25, 0.3) is 0 Å². The second-order valence-corrected chi connectivity index (χ2v) is 4.88. The summed E-state index contributed by atoms with van der Waals surface area (Å²) >= 11 is 1.64. The molecule has 1 unspecified atom stereocenters. The molecule has 0 amide bonds. The molecular formula is C13H13F2NS. The van der Waals surface area contributed by atoms with Gasteiger partial charge in [0.2, 0.25) is 0 Å². The molecule has 2 aromatic rings. The summed E-state index contributed by atoms with van der Waals surface area (Å²) < 4.78 is 26.5. The van der Waals surface area contributed by atoms with Gasteiger partial charge in [0.15, 0.2) is 0 Å². The Balaban J connectivity index is 2.04. The Kier molecular flexibility index (Phi) is 3.86. The first-order valence-corrected chi connectivity index (χ1v) is 6.25. The third-order valence-electron chi connectivity index (χ3n) is 2.59. The van der Waals surface area contributed by atoms with Crippen molar-refractivity contribution in [3.05, 3.63) is 57.8 Å². The van der Waals surface area contributed by atoms with E-state index >= 15 is 0 Å². The first kappa shape index (κ1) is 12.2. The average Bonchev–Trinajstić information content (AvgIpc) is 2.82. The molecule has 0 radical (unpaired) electrons. The number of nitrogens with one attached hydrogen (secondary N) is 1. The normalized spacial score (nSPS) is 12.6. The van der Waals surface area contributed by atoms with E-state index in [1.165, 1.54) is 10.9 Å². The van der Waals surface area contributed by atoms with Crippen LogP contribution in [0.5, 0.6) is 0 Å². The SMILES string of the molecule is CC(NCc1cccs1)c1cc(F)ccc1F. The van der Waals surface area contributed by atoms with E-state index in [2.05, 4.69) is 5.32 Å². The molecule has 2 rings (SSSR count). The summed E-state index contributed by atoms with van der Waals surface area (Å²) in [7, 11) is 0. The highest BCUT2D eigenvalue weighted by molar-refractivity contribution is 7.09. The number of halogens is 2. The van der Waals surface area contributed by atoms with Crippen molar-refractivity contribution < 1.29 is 8.78 Å². The van der Waals surface area contributed by atoms with Crippen molar-refractivity contribution >= 4 is 11.3 Å². The van der Waals surface area contributed by atoms with Crippen molar-refractivity contribution in [3.63, 3.8) is 0 Å². The van der Waals surface area contributed by atoms with Crippen LogP contribution in [0.2, 0.25) is 0 Å². The van der Waals surface area contributed by atoms with E-state index in [4.69, 9.17) is 0 Å². The Labute approximate surface area is 103 Å². The van der Waals surface area contributed by atoms with Crippen molar-refractivity contribution in [2.45, 2.75) is 19.5 Å². The van der Waals surface area contributed by atoms with Crippen molar-refractivity contribution in [2.75, 3.05) is 0 Å². The van der Waals surface area contributed by atoms with E-state index in [0.717, 1.165) is 12.1 Å². The summed E-state index contributed by atoms with van der Waals surface area (Å²) in [5.74, 6) is -0.788. The van der Waals surface area contributed by atoms with Gasteiger partial charge in [-0.3, -0.25) is 0 Å². The van der Waals surface area contributed by atoms with Gasteiger partial charge < -0.3 is 5.32 Å². The van der Waals surface area contributed by atoms with Gasteiger partial charge in [-0.2, -0.15) is 0 Å². The zero-order valence-corrected chi connectivity index (χ0v) is 10.2. The fourth-order valence-corrected chi connectivity index (χ4v) is 2.28. The van der Waals surface area contributed by atoms with E-state index in [9.17, 15) is 8.78 Å². The van der Waals surface area contributed by atoms with E-state index in [0.29, 0.717) is 12.1 Å². The lowest BCUT2D eigenvalue weighted by Crippen LogP contribution is -2.18. The zero-order chi connectivity index (χ0) is 12.3. The first-order chi connectivity index (χ1) is 8.16. The van der Waals surface area contributed by atoms with E-state index in [1.807, 2.05) is 24.4 Å². The fraction of sp³-hybridized carbons (Fsp3) is 0.231. The zero-order valence-electron chi connectivity index (χ0n) is 9.41. The molecular weight excluding hydrogens is 240 g/mol. The lowest BCUT2D eigenvalue weighted by molar-refractivity contribution is 0.520. The molecule has 0 fully saturated rings. The third-order valence-corrected chi connectivity index (χ3v) is 3.46. The van der Waals surface area contributed by atoms with Crippen LogP contribution in [-0.4, -0.2) is 0 Å². The molecule has 0 aliphatic rings. The number of benzene rings is 1. The maximum Gasteiger partial charge on any atom is 0.128 e. The minimum absolute atomic E-state index is 0.215. The smallest absolute Gasteiger partial charge is 0.128 e. The highest BCUT2D eigenvalue weighted by Gasteiger charge is 2.11. The minimum atomic E-state index is -0.411.